The van der Waals surface area contributed by atoms with Crippen LogP contribution < -0.4 is 0 Å². The second-order valence-corrected chi connectivity index (χ2v) is 7.00. The highest BCUT2D eigenvalue weighted by Crippen LogP contribution is 2.37. The molecule has 3 nitrogen and oxygen atoms in total. The molecule has 0 bridgehead atoms. The third-order valence-electron chi connectivity index (χ3n) is 2.31. The number of hydrogen-bond donors (Lipinski definition) is 1. The number of thiophene rings is 1. The van der Waals surface area contributed by atoms with Crippen LogP contribution in [0.5, 0.6) is 0 Å². The molecule has 0 saturated heterocycles. The Morgan fingerprint density at radius 3 is 2.88 bits per heavy atom. The van der Waals surface area contributed by atoms with Gasteiger partial charge in [0.1, 0.15) is 11.9 Å². The first-order chi connectivity index (χ1) is 7.63. The van der Waals surface area contributed by atoms with Gasteiger partial charge in [0, 0.05) is 24.5 Å². The molecule has 0 saturated carbocycles. The average Bonchev–Trinajstić information content (AvgIpc) is 2.83. The van der Waals surface area contributed by atoms with E-state index in [2.05, 4.69) is 36.8 Å². The van der Waals surface area contributed by atoms with E-state index in [0.29, 0.717) is 5.82 Å². The lowest BCUT2D eigenvalue weighted by molar-refractivity contribution is 0.204. The van der Waals surface area contributed by atoms with Crippen LogP contribution >= 0.6 is 43.2 Å². The molecule has 6 heteroatoms. The Labute approximate surface area is 114 Å². The van der Waals surface area contributed by atoms with Crippen LogP contribution in [-0.2, 0) is 6.54 Å². The summed E-state index contributed by atoms with van der Waals surface area (Å²) < 4.78 is 3.85. The van der Waals surface area contributed by atoms with Crippen LogP contribution in [-0.4, -0.2) is 14.7 Å². The molecule has 0 aliphatic rings. The lowest BCUT2D eigenvalue weighted by Gasteiger charge is -2.11. The van der Waals surface area contributed by atoms with Crippen molar-refractivity contribution in [2.45, 2.75) is 19.6 Å². The van der Waals surface area contributed by atoms with Crippen LogP contribution in [0.25, 0.3) is 0 Å². The zero-order valence-corrected chi connectivity index (χ0v) is 12.5. The van der Waals surface area contributed by atoms with Crippen molar-refractivity contribution in [3.05, 3.63) is 37.4 Å². The van der Waals surface area contributed by atoms with Crippen LogP contribution in [0.15, 0.2) is 26.0 Å². The molecule has 2 heterocycles. The van der Waals surface area contributed by atoms with Crippen molar-refractivity contribution in [3.8, 4) is 0 Å². The van der Waals surface area contributed by atoms with Gasteiger partial charge in [-0.25, -0.2) is 4.98 Å². The summed E-state index contributed by atoms with van der Waals surface area (Å²) in [5.74, 6) is 0.675. The van der Waals surface area contributed by atoms with Crippen molar-refractivity contribution < 1.29 is 5.11 Å². The summed E-state index contributed by atoms with van der Waals surface area (Å²) in [7, 11) is 0. The number of aromatic nitrogens is 2. The van der Waals surface area contributed by atoms with Crippen molar-refractivity contribution in [1.82, 2.24) is 9.55 Å². The second kappa shape index (κ2) is 5.00. The van der Waals surface area contributed by atoms with E-state index in [4.69, 9.17) is 0 Å². The average molecular weight is 366 g/mol. The molecule has 1 N–H and O–H groups in total. The van der Waals surface area contributed by atoms with Crippen molar-refractivity contribution in [2.24, 2.45) is 0 Å². The first kappa shape index (κ1) is 12.3. The van der Waals surface area contributed by atoms with E-state index in [1.807, 2.05) is 23.8 Å². The summed E-state index contributed by atoms with van der Waals surface area (Å²) in [4.78, 5) is 4.20. The Hall–Kier alpha value is -0.170. The monoisotopic (exact) mass is 364 g/mol. The molecule has 0 spiro atoms. The first-order valence-corrected chi connectivity index (χ1v) is 7.17. The first-order valence-electron chi connectivity index (χ1n) is 4.77. The minimum absolute atomic E-state index is 0.675. The fraction of sp³-hybridized carbons (Fsp3) is 0.300. The summed E-state index contributed by atoms with van der Waals surface area (Å²) in [5, 5.41) is 10.3. The smallest absolute Gasteiger partial charge is 0.142 e. The van der Waals surface area contributed by atoms with E-state index in [0.717, 1.165) is 19.7 Å². The normalized spacial score (nSPS) is 13.0. The Morgan fingerprint density at radius 1 is 1.56 bits per heavy atom. The summed E-state index contributed by atoms with van der Waals surface area (Å²) in [6.07, 6.45) is 2.89. The fourth-order valence-electron chi connectivity index (χ4n) is 1.51. The van der Waals surface area contributed by atoms with Crippen LogP contribution in [0, 0.1) is 0 Å². The molecule has 1 unspecified atom stereocenters. The van der Waals surface area contributed by atoms with Gasteiger partial charge in [0.05, 0.1) is 7.57 Å². The number of hydrogen-bond acceptors (Lipinski definition) is 3. The van der Waals surface area contributed by atoms with Gasteiger partial charge in [-0.15, -0.1) is 11.3 Å². The van der Waals surface area contributed by atoms with Crippen molar-refractivity contribution in [3.63, 3.8) is 0 Å². The van der Waals surface area contributed by atoms with Crippen LogP contribution in [0.1, 0.15) is 24.4 Å². The highest BCUT2D eigenvalue weighted by molar-refractivity contribution is 9.12. The number of halogens is 2. The van der Waals surface area contributed by atoms with Gasteiger partial charge < -0.3 is 9.67 Å². The minimum atomic E-state index is -0.688. The quantitative estimate of drug-likeness (QED) is 0.902. The van der Waals surface area contributed by atoms with Crippen LogP contribution in [0.2, 0.25) is 0 Å². The third-order valence-corrected chi connectivity index (χ3v) is 4.70. The standard InChI is InChI=1S/C10H10Br2N2OS/c1-2-14-4-3-13-10(14)8(15)6-5-7(11)16-9(6)12/h3-5,8,15H,2H2,1H3. The lowest BCUT2D eigenvalue weighted by atomic mass is 10.2. The van der Waals surface area contributed by atoms with E-state index < -0.39 is 6.10 Å². The van der Waals surface area contributed by atoms with Crippen molar-refractivity contribution in [1.29, 1.82) is 0 Å². The van der Waals surface area contributed by atoms with Crippen molar-refractivity contribution in [2.75, 3.05) is 0 Å². The Balaban J connectivity index is 2.38. The molecule has 0 radical (unpaired) electrons. The van der Waals surface area contributed by atoms with Gasteiger partial charge >= 0.3 is 0 Å². The predicted octanol–water partition coefficient (Wildman–Crippen LogP) is 3.57. The van der Waals surface area contributed by atoms with Gasteiger partial charge in [0.2, 0.25) is 0 Å². The molecule has 86 valence electrons. The van der Waals surface area contributed by atoms with Gasteiger partial charge in [0.25, 0.3) is 0 Å². The van der Waals surface area contributed by atoms with E-state index in [1.165, 1.54) is 0 Å². The van der Waals surface area contributed by atoms with Gasteiger partial charge in [-0.1, -0.05) is 0 Å². The van der Waals surface area contributed by atoms with Gasteiger partial charge in [-0.3, -0.25) is 0 Å². The van der Waals surface area contributed by atoms with E-state index in [-0.39, 0.29) is 0 Å². The number of nitrogens with zero attached hydrogens (tertiary/aromatic N) is 2. The Kier molecular flexibility index (Phi) is 3.84. The zero-order valence-electron chi connectivity index (χ0n) is 8.52. The number of aliphatic hydroxyl groups excluding tert-OH is 1. The van der Waals surface area contributed by atoms with E-state index >= 15 is 0 Å². The summed E-state index contributed by atoms with van der Waals surface area (Å²) in [5.41, 5.74) is 0.845. The summed E-state index contributed by atoms with van der Waals surface area (Å²) in [6.45, 7) is 2.83. The number of aryl methyl sites for hydroxylation is 1. The van der Waals surface area contributed by atoms with E-state index in [9.17, 15) is 5.11 Å². The molecular formula is C10H10Br2N2OS. The molecule has 0 amide bonds. The van der Waals surface area contributed by atoms with Gasteiger partial charge in [0.15, 0.2) is 0 Å². The zero-order chi connectivity index (χ0) is 11.7. The lowest BCUT2D eigenvalue weighted by Crippen LogP contribution is -2.08. The summed E-state index contributed by atoms with van der Waals surface area (Å²) in [6, 6.07) is 1.91. The maximum Gasteiger partial charge on any atom is 0.142 e. The molecule has 1 atom stereocenters. The van der Waals surface area contributed by atoms with E-state index in [1.54, 1.807) is 17.5 Å². The molecule has 2 aromatic heterocycles. The maximum atomic E-state index is 10.3. The highest BCUT2D eigenvalue weighted by Gasteiger charge is 2.20. The number of aliphatic hydroxyl groups is 1. The molecule has 0 aliphatic carbocycles. The second-order valence-electron chi connectivity index (χ2n) is 3.25. The molecule has 2 aromatic rings. The number of rotatable bonds is 3. The topological polar surface area (TPSA) is 38.0 Å². The fourth-order valence-corrected chi connectivity index (χ4v) is 4.40. The van der Waals surface area contributed by atoms with Crippen LogP contribution in [0.3, 0.4) is 0 Å². The molecular weight excluding hydrogens is 356 g/mol. The molecule has 2 rings (SSSR count). The largest absolute Gasteiger partial charge is 0.380 e. The molecule has 0 fully saturated rings. The highest BCUT2D eigenvalue weighted by atomic mass is 79.9. The maximum absolute atomic E-state index is 10.3. The summed E-state index contributed by atoms with van der Waals surface area (Å²) >= 11 is 8.39. The Bertz CT molecular complexity index is 495. The predicted molar refractivity (Wildman–Crippen MR) is 71.7 cm³/mol. The number of imidazole rings is 1. The SMILES string of the molecule is CCn1ccnc1C(O)c1cc(Br)sc1Br. The molecule has 16 heavy (non-hydrogen) atoms. The molecule has 0 aliphatic heterocycles. The van der Waals surface area contributed by atoms with Crippen molar-refractivity contribution >= 4 is 43.2 Å². The van der Waals surface area contributed by atoms with Crippen LogP contribution in [0.4, 0.5) is 0 Å². The molecule has 0 aromatic carbocycles. The van der Waals surface area contributed by atoms with Gasteiger partial charge in [-0.2, -0.15) is 0 Å². The third kappa shape index (κ3) is 2.25. The minimum Gasteiger partial charge on any atom is -0.380 e. The Morgan fingerprint density at radius 2 is 2.31 bits per heavy atom. The van der Waals surface area contributed by atoms with Gasteiger partial charge in [-0.05, 0) is 44.8 Å².